The molecule has 0 saturated carbocycles. The summed E-state index contributed by atoms with van der Waals surface area (Å²) in [6.07, 6.45) is -0.318. The van der Waals surface area contributed by atoms with Crippen LogP contribution in [0.4, 0.5) is 4.79 Å². The Balaban J connectivity index is 1.90. The lowest BCUT2D eigenvalue weighted by atomic mass is 10.1. The van der Waals surface area contributed by atoms with E-state index in [-0.39, 0.29) is 6.09 Å². The lowest BCUT2D eigenvalue weighted by Crippen LogP contribution is -2.27. The quantitative estimate of drug-likeness (QED) is 0.813. The third-order valence-electron chi connectivity index (χ3n) is 3.23. The molecule has 21 heavy (non-hydrogen) atoms. The summed E-state index contributed by atoms with van der Waals surface area (Å²) >= 11 is 3.44. The van der Waals surface area contributed by atoms with E-state index in [1.807, 2.05) is 55.5 Å². The van der Waals surface area contributed by atoms with E-state index in [9.17, 15) is 4.79 Å². The predicted molar refractivity (Wildman–Crippen MR) is 87.0 cm³/mol. The van der Waals surface area contributed by atoms with Crippen molar-refractivity contribution in [3.63, 3.8) is 0 Å². The summed E-state index contributed by atoms with van der Waals surface area (Å²) in [5.41, 5.74) is 3.24. The molecular weight excluding hydrogens is 330 g/mol. The molecule has 0 fully saturated rings. The van der Waals surface area contributed by atoms with Crippen LogP contribution in [0.5, 0.6) is 0 Å². The van der Waals surface area contributed by atoms with Gasteiger partial charge in [-0.2, -0.15) is 0 Å². The van der Waals surface area contributed by atoms with Gasteiger partial charge in [0.25, 0.3) is 0 Å². The Morgan fingerprint density at radius 3 is 2.57 bits per heavy atom. The van der Waals surface area contributed by atoms with Crippen LogP contribution in [-0.2, 0) is 17.9 Å². The van der Waals surface area contributed by atoms with Gasteiger partial charge in [-0.1, -0.05) is 52.3 Å². The molecule has 1 amide bonds. The largest absolute Gasteiger partial charge is 0.445 e. The molecule has 0 N–H and O–H groups in total. The topological polar surface area (TPSA) is 29.5 Å². The Kier molecular flexibility index (Phi) is 5.39. The number of nitrogens with zero attached hydrogens (tertiary/aromatic N) is 1. The molecule has 3 nitrogen and oxygen atoms in total. The van der Waals surface area contributed by atoms with Crippen LogP contribution < -0.4 is 0 Å². The number of aryl methyl sites for hydroxylation is 1. The highest BCUT2D eigenvalue weighted by molar-refractivity contribution is 9.10. The Labute approximate surface area is 133 Å². The fraction of sp³-hybridized carbons (Fsp3) is 0.235. The number of hydrogen-bond donors (Lipinski definition) is 0. The van der Waals surface area contributed by atoms with E-state index < -0.39 is 0 Å². The second kappa shape index (κ2) is 7.27. The van der Waals surface area contributed by atoms with Crippen molar-refractivity contribution < 1.29 is 9.53 Å². The number of carbonyl (C=O) groups is 1. The molecule has 2 aromatic carbocycles. The van der Waals surface area contributed by atoms with Gasteiger partial charge in [-0.05, 0) is 35.7 Å². The van der Waals surface area contributed by atoms with Gasteiger partial charge in [0, 0.05) is 18.1 Å². The maximum Gasteiger partial charge on any atom is 0.410 e. The Morgan fingerprint density at radius 1 is 1.19 bits per heavy atom. The van der Waals surface area contributed by atoms with Crippen molar-refractivity contribution in [2.45, 2.75) is 20.1 Å². The number of ether oxygens (including phenoxy) is 1. The van der Waals surface area contributed by atoms with Crippen LogP contribution in [0.2, 0.25) is 0 Å². The van der Waals surface area contributed by atoms with Crippen LogP contribution >= 0.6 is 15.9 Å². The third kappa shape index (κ3) is 4.60. The van der Waals surface area contributed by atoms with Gasteiger partial charge in [0.2, 0.25) is 0 Å². The van der Waals surface area contributed by atoms with E-state index in [1.165, 1.54) is 0 Å². The molecule has 0 aliphatic heterocycles. The van der Waals surface area contributed by atoms with Crippen LogP contribution in [0.1, 0.15) is 16.7 Å². The van der Waals surface area contributed by atoms with Crippen LogP contribution in [0.25, 0.3) is 0 Å². The Morgan fingerprint density at radius 2 is 1.90 bits per heavy atom. The average Bonchev–Trinajstić information content (AvgIpc) is 2.48. The highest BCUT2D eigenvalue weighted by Crippen LogP contribution is 2.17. The zero-order valence-electron chi connectivity index (χ0n) is 12.2. The van der Waals surface area contributed by atoms with Crippen molar-refractivity contribution in [2.75, 3.05) is 7.05 Å². The monoisotopic (exact) mass is 347 g/mol. The minimum Gasteiger partial charge on any atom is -0.445 e. The molecule has 4 heteroatoms. The molecule has 0 saturated heterocycles. The molecule has 0 heterocycles. The predicted octanol–water partition coefficient (Wildman–Crippen LogP) is 4.53. The molecule has 0 bridgehead atoms. The molecule has 0 unspecified atom stereocenters. The first kappa shape index (κ1) is 15.6. The van der Waals surface area contributed by atoms with Crippen LogP contribution in [0, 0.1) is 6.92 Å². The lowest BCUT2D eigenvalue weighted by Gasteiger charge is -2.18. The van der Waals surface area contributed by atoms with Crippen LogP contribution in [-0.4, -0.2) is 18.0 Å². The van der Waals surface area contributed by atoms with Gasteiger partial charge in [0.1, 0.15) is 6.61 Å². The van der Waals surface area contributed by atoms with Gasteiger partial charge in [-0.3, -0.25) is 0 Å². The molecule has 2 rings (SSSR count). The molecule has 0 aliphatic carbocycles. The van der Waals surface area contributed by atoms with Gasteiger partial charge in [0.05, 0.1) is 0 Å². The van der Waals surface area contributed by atoms with Crippen molar-refractivity contribution >= 4 is 22.0 Å². The highest BCUT2D eigenvalue weighted by Gasteiger charge is 2.12. The average molecular weight is 348 g/mol. The van der Waals surface area contributed by atoms with Gasteiger partial charge < -0.3 is 9.64 Å². The van der Waals surface area contributed by atoms with Crippen molar-refractivity contribution in [3.05, 3.63) is 69.7 Å². The van der Waals surface area contributed by atoms with E-state index in [1.54, 1.807) is 11.9 Å². The number of hydrogen-bond acceptors (Lipinski definition) is 2. The number of carbonyl (C=O) groups excluding carboxylic acids is 1. The lowest BCUT2D eigenvalue weighted by molar-refractivity contribution is 0.103. The van der Waals surface area contributed by atoms with Crippen molar-refractivity contribution in [1.82, 2.24) is 4.90 Å². The maximum atomic E-state index is 12.0. The molecule has 110 valence electrons. The van der Waals surface area contributed by atoms with Gasteiger partial charge >= 0.3 is 6.09 Å². The first-order valence-corrected chi connectivity index (χ1v) is 7.52. The van der Waals surface area contributed by atoms with Crippen LogP contribution in [0.15, 0.2) is 53.0 Å². The Bertz CT molecular complexity index is 613. The first-order valence-electron chi connectivity index (χ1n) is 6.73. The van der Waals surface area contributed by atoms with Gasteiger partial charge in [-0.15, -0.1) is 0 Å². The van der Waals surface area contributed by atoms with E-state index in [4.69, 9.17) is 4.74 Å². The van der Waals surface area contributed by atoms with Gasteiger partial charge in [-0.25, -0.2) is 4.79 Å². The van der Waals surface area contributed by atoms with E-state index in [0.29, 0.717) is 13.2 Å². The minimum atomic E-state index is -0.318. The zero-order valence-corrected chi connectivity index (χ0v) is 13.8. The molecular formula is C17H18BrNO2. The Hall–Kier alpha value is -1.81. The second-order valence-corrected chi connectivity index (χ2v) is 5.88. The number of halogens is 1. The highest BCUT2D eigenvalue weighted by atomic mass is 79.9. The van der Waals surface area contributed by atoms with Crippen molar-refractivity contribution in [3.8, 4) is 0 Å². The van der Waals surface area contributed by atoms with E-state index >= 15 is 0 Å². The van der Waals surface area contributed by atoms with E-state index in [2.05, 4.69) is 15.9 Å². The second-order valence-electron chi connectivity index (χ2n) is 4.97. The smallest absolute Gasteiger partial charge is 0.410 e. The molecule has 0 atom stereocenters. The van der Waals surface area contributed by atoms with E-state index in [0.717, 1.165) is 21.2 Å². The molecule has 0 aromatic heterocycles. The summed E-state index contributed by atoms with van der Waals surface area (Å²) in [6, 6.07) is 15.7. The zero-order chi connectivity index (χ0) is 15.2. The van der Waals surface area contributed by atoms with Crippen LogP contribution in [0.3, 0.4) is 0 Å². The summed E-state index contributed by atoms with van der Waals surface area (Å²) in [5, 5.41) is 0. The molecule has 2 aromatic rings. The summed E-state index contributed by atoms with van der Waals surface area (Å²) in [5.74, 6) is 0. The van der Waals surface area contributed by atoms with Crippen molar-refractivity contribution in [1.29, 1.82) is 0 Å². The summed E-state index contributed by atoms with van der Waals surface area (Å²) in [6.45, 7) is 2.86. The standard InChI is InChI=1S/C17H18BrNO2/c1-13-10-16(18)9-8-15(13)11-19(2)17(20)21-12-14-6-4-3-5-7-14/h3-10H,11-12H2,1-2H3. The fourth-order valence-corrected chi connectivity index (χ4v) is 2.46. The number of rotatable bonds is 4. The maximum absolute atomic E-state index is 12.0. The fourth-order valence-electron chi connectivity index (χ4n) is 1.99. The molecule has 0 aliphatic rings. The third-order valence-corrected chi connectivity index (χ3v) is 3.72. The van der Waals surface area contributed by atoms with Gasteiger partial charge in [0.15, 0.2) is 0 Å². The summed E-state index contributed by atoms with van der Waals surface area (Å²) in [7, 11) is 1.74. The SMILES string of the molecule is Cc1cc(Br)ccc1CN(C)C(=O)OCc1ccccc1. The van der Waals surface area contributed by atoms with Crippen molar-refractivity contribution in [2.24, 2.45) is 0 Å². The molecule has 0 spiro atoms. The summed E-state index contributed by atoms with van der Waals surface area (Å²) in [4.78, 5) is 13.6. The number of benzene rings is 2. The minimum absolute atomic E-state index is 0.295. The normalized spacial score (nSPS) is 10.2. The number of amides is 1. The molecule has 0 radical (unpaired) electrons. The summed E-state index contributed by atoms with van der Waals surface area (Å²) < 4.78 is 6.34. The first-order chi connectivity index (χ1) is 10.1.